The van der Waals surface area contributed by atoms with E-state index in [0.717, 1.165) is 16.9 Å². The number of aliphatic hydroxyl groups excluding tert-OH is 1. The summed E-state index contributed by atoms with van der Waals surface area (Å²) in [4.78, 5) is 0. The van der Waals surface area contributed by atoms with E-state index >= 15 is 0 Å². The zero-order valence-electron chi connectivity index (χ0n) is 10.7. The Morgan fingerprint density at radius 3 is 2.62 bits per heavy atom. The first-order valence-corrected chi connectivity index (χ1v) is 5.88. The highest BCUT2D eigenvalue weighted by atomic mass is 19.4. The van der Waals surface area contributed by atoms with Crippen LogP contribution in [0.15, 0.2) is 30.6 Å². The van der Waals surface area contributed by atoms with Crippen molar-refractivity contribution in [2.75, 3.05) is 6.61 Å². The second-order valence-electron chi connectivity index (χ2n) is 4.19. The number of alkyl halides is 3. The van der Waals surface area contributed by atoms with Crippen molar-refractivity contribution >= 4 is 0 Å². The van der Waals surface area contributed by atoms with Crippen LogP contribution in [0.5, 0.6) is 0 Å². The van der Waals surface area contributed by atoms with Gasteiger partial charge in [0.1, 0.15) is 12.4 Å². The highest BCUT2D eigenvalue weighted by Gasteiger charge is 2.32. The fourth-order valence-electron chi connectivity index (χ4n) is 1.67. The predicted octanol–water partition coefficient (Wildman–Crippen LogP) is 2.43. The van der Waals surface area contributed by atoms with Crippen molar-refractivity contribution in [2.45, 2.75) is 12.7 Å². The number of rotatable bonds is 2. The smallest absolute Gasteiger partial charge is 0.384 e. The number of aliphatic hydroxyl groups is 1. The molecule has 0 aliphatic carbocycles. The molecule has 0 saturated carbocycles. The third-order valence-corrected chi connectivity index (χ3v) is 2.66. The summed E-state index contributed by atoms with van der Waals surface area (Å²) >= 11 is 0. The summed E-state index contributed by atoms with van der Waals surface area (Å²) in [6, 6.07) is 4.10. The van der Waals surface area contributed by atoms with Gasteiger partial charge in [0.2, 0.25) is 0 Å². The maximum absolute atomic E-state index is 13.8. The van der Waals surface area contributed by atoms with E-state index in [0.29, 0.717) is 11.8 Å². The Bertz CT molecular complexity index is 695. The maximum atomic E-state index is 13.8. The van der Waals surface area contributed by atoms with Crippen molar-refractivity contribution in [2.24, 2.45) is 0 Å². The van der Waals surface area contributed by atoms with E-state index in [-0.39, 0.29) is 18.7 Å². The number of nitrogens with zero attached hydrogens (tertiary/aromatic N) is 2. The van der Waals surface area contributed by atoms with Crippen LogP contribution in [0.4, 0.5) is 17.6 Å². The van der Waals surface area contributed by atoms with Crippen molar-refractivity contribution in [3.63, 3.8) is 0 Å². The van der Waals surface area contributed by atoms with Gasteiger partial charge in [-0.3, -0.25) is 4.68 Å². The van der Waals surface area contributed by atoms with Gasteiger partial charge in [0.25, 0.3) is 0 Å². The molecule has 0 bridgehead atoms. The molecule has 0 radical (unpaired) electrons. The largest absolute Gasteiger partial charge is 0.419 e. The topological polar surface area (TPSA) is 38.0 Å². The fraction of sp³-hybridized carbons (Fsp3) is 0.214. The highest BCUT2D eigenvalue weighted by Crippen LogP contribution is 2.28. The van der Waals surface area contributed by atoms with Crippen LogP contribution >= 0.6 is 0 Å². The lowest BCUT2D eigenvalue weighted by Gasteiger charge is -2.04. The van der Waals surface area contributed by atoms with Gasteiger partial charge < -0.3 is 5.11 Å². The van der Waals surface area contributed by atoms with Crippen molar-refractivity contribution in [3.8, 4) is 11.8 Å². The molecule has 0 saturated heterocycles. The standard InChI is InChI=1S/C14H10F4N2O/c15-13-6-10(2-1-5-21)3-4-11(13)8-20-9-12(7-19-20)14(16,17)18/h3-4,6-7,9,21H,5,8H2. The Hall–Kier alpha value is -2.33. The van der Waals surface area contributed by atoms with Crippen molar-refractivity contribution in [1.82, 2.24) is 9.78 Å². The molecule has 1 aromatic carbocycles. The van der Waals surface area contributed by atoms with Gasteiger partial charge >= 0.3 is 6.18 Å². The molecule has 0 spiro atoms. The number of hydrogen-bond acceptors (Lipinski definition) is 2. The molecule has 0 aliphatic heterocycles. The molecule has 1 heterocycles. The normalized spacial score (nSPS) is 11.1. The second kappa shape index (κ2) is 5.97. The Kier molecular flexibility index (Phi) is 4.29. The molecule has 2 rings (SSSR count). The second-order valence-corrected chi connectivity index (χ2v) is 4.19. The van der Waals surface area contributed by atoms with E-state index in [1.807, 2.05) is 0 Å². The van der Waals surface area contributed by atoms with Crippen molar-refractivity contribution in [3.05, 3.63) is 53.1 Å². The zero-order valence-corrected chi connectivity index (χ0v) is 10.7. The molecule has 1 aromatic heterocycles. The van der Waals surface area contributed by atoms with Gasteiger partial charge in [0, 0.05) is 17.3 Å². The number of hydrogen-bond donors (Lipinski definition) is 1. The number of aromatic nitrogens is 2. The molecule has 0 atom stereocenters. The Balaban J connectivity index is 2.18. The van der Waals surface area contributed by atoms with Gasteiger partial charge in [-0.2, -0.15) is 18.3 Å². The van der Waals surface area contributed by atoms with Gasteiger partial charge in [-0.1, -0.05) is 17.9 Å². The summed E-state index contributed by atoms with van der Waals surface area (Å²) in [5, 5.41) is 12.1. The summed E-state index contributed by atoms with van der Waals surface area (Å²) in [5.74, 6) is 4.32. The molecule has 3 nitrogen and oxygen atoms in total. The summed E-state index contributed by atoms with van der Waals surface area (Å²) in [5.41, 5.74) is -0.309. The summed E-state index contributed by atoms with van der Waals surface area (Å²) in [6.07, 6.45) is -2.96. The minimum atomic E-state index is -4.47. The van der Waals surface area contributed by atoms with Crippen LogP contribution < -0.4 is 0 Å². The Morgan fingerprint density at radius 1 is 1.29 bits per heavy atom. The lowest BCUT2D eigenvalue weighted by atomic mass is 10.1. The van der Waals surface area contributed by atoms with E-state index in [1.165, 1.54) is 12.1 Å². The zero-order chi connectivity index (χ0) is 15.5. The van der Waals surface area contributed by atoms with E-state index in [9.17, 15) is 17.6 Å². The van der Waals surface area contributed by atoms with Crippen LogP contribution in [0.25, 0.3) is 0 Å². The minimum Gasteiger partial charge on any atom is -0.384 e. The monoisotopic (exact) mass is 298 g/mol. The minimum absolute atomic E-state index is 0.115. The van der Waals surface area contributed by atoms with Gasteiger partial charge in [0.15, 0.2) is 0 Å². The van der Waals surface area contributed by atoms with E-state index < -0.39 is 17.6 Å². The molecule has 21 heavy (non-hydrogen) atoms. The average molecular weight is 298 g/mol. The average Bonchev–Trinajstić information content (AvgIpc) is 2.88. The fourth-order valence-corrected chi connectivity index (χ4v) is 1.67. The SMILES string of the molecule is OCC#Cc1ccc(Cn2cc(C(F)(F)F)cn2)c(F)c1. The number of halogens is 4. The summed E-state index contributed by atoms with van der Waals surface area (Å²) in [7, 11) is 0. The van der Waals surface area contributed by atoms with Crippen molar-refractivity contribution in [1.29, 1.82) is 0 Å². The molecule has 1 N–H and O–H groups in total. The first kappa shape index (κ1) is 15.1. The summed E-state index contributed by atoms with van der Waals surface area (Å²) in [6.45, 7) is -0.452. The highest BCUT2D eigenvalue weighted by molar-refractivity contribution is 5.37. The van der Waals surface area contributed by atoms with Gasteiger partial charge in [-0.05, 0) is 12.1 Å². The molecule has 0 aliphatic rings. The quantitative estimate of drug-likeness (QED) is 0.683. The molecule has 2 aromatic rings. The lowest BCUT2D eigenvalue weighted by molar-refractivity contribution is -0.137. The van der Waals surface area contributed by atoms with Crippen LogP contribution in [-0.2, 0) is 12.7 Å². The molecule has 0 unspecified atom stereocenters. The first-order chi connectivity index (χ1) is 9.90. The third-order valence-electron chi connectivity index (χ3n) is 2.66. The van der Waals surface area contributed by atoms with Gasteiger partial charge in [-0.25, -0.2) is 4.39 Å². The molecular formula is C14H10F4N2O. The van der Waals surface area contributed by atoms with Crippen LogP contribution in [0, 0.1) is 17.7 Å². The number of benzene rings is 1. The van der Waals surface area contributed by atoms with Gasteiger partial charge in [0.05, 0.1) is 18.3 Å². The summed E-state index contributed by atoms with van der Waals surface area (Å²) < 4.78 is 52.1. The van der Waals surface area contributed by atoms with Crippen LogP contribution in [0.3, 0.4) is 0 Å². The predicted molar refractivity (Wildman–Crippen MR) is 66.7 cm³/mol. The third kappa shape index (κ3) is 3.83. The molecule has 110 valence electrons. The molecular weight excluding hydrogens is 288 g/mol. The van der Waals surface area contributed by atoms with Gasteiger partial charge in [-0.15, -0.1) is 0 Å². The van der Waals surface area contributed by atoms with E-state index in [2.05, 4.69) is 16.9 Å². The van der Waals surface area contributed by atoms with Crippen LogP contribution in [-0.4, -0.2) is 21.5 Å². The maximum Gasteiger partial charge on any atom is 0.419 e. The molecule has 0 amide bonds. The lowest BCUT2D eigenvalue weighted by Crippen LogP contribution is -2.05. The Morgan fingerprint density at radius 2 is 2.05 bits per heavy atom. The Labute approximate surface area is 117 Å². The van der Waals surface area contributed by atoms with Crippen molar-refractivity contribution < 1.29 is 22.7 Å². The van der Waals surface area contributed by atoms with Crippen LogP contribution in [0.2, 0.25) is 0 Å². The van der Waals surface area contributed by atoms with Crippen LogP contribution in [0.1, 0.15) is 16.7 Å². The first-order valence-electron chi connectivity index (χ1n) is 5.88. The molecule has 0 fully saturated rings. The van der Waals surface area contributed by atoms with E-state index in [1.54, 1.807) is 0 Å². The van der Waals surface area contributed by atoms with E-state index in [4.69, 9.17) is 5.11 Å². The molecule has 7 heteroatoms.